The van der Waals surface area contributed by atoms with Gasteiger partial charge in [0, 0.05) is 6.54 Å². The van der Waals surface area contributed by atoms with E-state index in [1.54, 1.807) is 0 Å². The molecule has 0 spiro atoms. The molecule has 0 radical (unpaired) electrons. The SMILES string of the molecule is CC.c1cc2c([n+](-c3nccc4c3CCNC4)c1)CNCC2. The summed E-state index contributed by atoms with van der Waals surface area (Å²) < 4.78 is 2.28. The van der Waals surface area contributed by atoms with Crippen LogP contribution in [0.15, 0.2) is 30.6 Å². The van der Waals surface area contributed by atoms with Gasteiger partial charge in [-0.3, -0.25) is 0 Å². The quantitative estimate of drug-likeness (QED) is 0.787. The van der Waals surface area contributed by atoms with Crippen molar-refractivity contribution in [3.8, 4) is 5.82 Å². The zero-order valence-corrected chi connectivity index (χ0v) is 13.5. The highest BCUT2D eigenvalue weighted by Crippen LogP contribution is 2.18. The first-order chi connectivity index (χ1) is 10.9. The topological polar surface area (TPSA) is 40.8 Å². The number of nitrogens with one attached hydrogen (secondary N) is 2. The van der Waals surface area contributed by atoms with Crippen LogP contribution in [-0.4, -0.2) is 18.1 Å². The maximum absolute atomic E-state index is 4.68. The smallest absolute Gasteiger partial charge is 0.312 e. The first kappa shape index (κ1) is 15.1. The second kappa shape index (κ2) is 6.99. The molecule has 4 heteroatoms. The van der Waals surface area contributed by atoms with Crippen LogP contribution in [-0.2, 0) is 25.9 Å². The van der Waals surface area contributed by atoms with Gasteiger partial charge in [-0.15, -0.1) is 0 Å². The first-order valence-electron chi connectivity index (χ1n) is 8.34. The fraction of sp³-hybridized carbons (Fsp3) is 0.444. The normalized spacial score (nSPS) is 16.1. The molecule has 2 aromatic rings. The lowest BCUT2D eigenvalue weighted by atomic mass is 10.0. The van der Waals surface area contributed by atoms with Crippen LogP contribution in [0.5, 0.6) is 0 Å². The molecule has 0 saturated carbocycles. The highest BCUT2D eigenvalue weighted by molar-refractivity contribution is 5.37. The summed E-state index contributed by atoms with van der Waals surface area (Å²) in [6.45, 7) is 8.00. The summed E-state index contributed by atoms with van der Waals surface area (Å²) in [5.74, 6) is 1.12. The predicted molar refractivity (Wildman–Crippen MR) is 87.9 cm³/mol. The zero-order valence-electron chi connectivity index (χ0n) is 13.5. The van der Waals surface area contributed by atoms with E-state index in [1.165, 1.54) is 22.4 Å². The van der Waals surface area contributed by atoms with Gasteiger partial charge in [0.2, 0.25) is 0 Å². The van der Waals surface area contributed by atoms with Crippen LogP contribution in [0.4, 0.5) is 0 Å². The van der Waals surface area contributed by atoms with Crippen LogP contribution in [0.1, 0.15) is 36.2 Å². The molecule has 2 aliphatic heterocycles. The second-order valence-corrected chi connectivity index (χ2v) is 5.48. The van der Waals surface area contributed by atoms with Crippen LogP contribution < -0.4 is 15.2 Å². The van der Waals surface area contributed by atoms with Crippen molar-refractivity contribution < 1.29 is 4.57 Å². The molecular weight excluding hydrogens is 272 g/mol. The maximum Gasteiger partial charge on any atom is 0.331 e. The monoisotopic (exact) mass is 297 g/mol. The van der Waals surface area contributed by atoms with Crippen LogP contribution >= 0.6 is 0 Å². The third-order valence-electron chi connectivity index (χ3n) is 4.28. The van der Waals surface area contributed by atoms with Gasteiger partial charge in [0.05, 0.1) is 18.3 Å². The maximum atomic E-state index is 4.68. The Labute approximate surface area is 132 Å². The van der Waals surface area contributed by atoms with Gasteiger partial charge in [0.1, 0.15) is 11.9 Å². The van der Waals surface area contributed by atoms with Gasteiger partial charge in [-0.05, 0) is 54.2 Å². The lowest BCUT2D eigenvalue weighted by Gasteiger charge is -2.20. The van der Waals surface area contributed by atoms with Gasteiger partial charge in [-0.25, -0.2) is 0 Å². The molecule has 4 nitrogen and oxygen atoms in total. The number of aromatic nitrogens is 2. The van der Waals surface area contributed by atoms with E-state index in [9.17, 15) is 0 Å². The van der Waals surface area contributed by atoms with E-state index in [1.807, 2.05) is 20.0 Å². The summed E-state index contributed by atoms with van der Waals surface area (Å²) in [5.41, 5.74) is 5.59. The van der Waals surface area contributed by atoms with Crippen molar-refractivity contribution in [3.63, 3.8) is 0 Å². The fourth-order valence-electron chi connectivity index (χ4n) is 3.24. The molecule has 0 bridgehead atoms. The highest BCUT2D eigenvalue weighted by atomic mass is 15.1. The van der Waals surface area contributed by atoms with Crippen molar-refractivity contribution >= 4 is 0 Å². The van der Waals surface area contributed by atoms with Gasteiger partial charge in [-0.2, -0.15) is 4.57 Å². The van der Waals surface area contributed by atoms with Gasteiger partial charge in [0.15, 0.2) is 0 Å². The van der Waals surface area contributed by atoms with Crippen molar-refractivity contribution in [3.05, 3.63) is 53.0 Å². The fourth-order valence-corrected chi connectivity index (χ4v) is 3.24. The Kier molecular flexibility index (Phi) is 4.80. The molecule has 0 atom stereocenters. The molecule has 0 fully saturated rings. The molecular formula is C18H25N4+. The summed E-state index contributed by atoms with van der Waals surface area (Å²) in [6.07, 6.45) is 6.25. The minimum Gasteiger partial charge on any atom is -0.312 e. The van der Waals surface area contributed by atoms with Gasteiger partial charge in [0.25, 0.3) is 0 Å². The van der Waals surface area contributed by atoms with E-state index >= 15 is 0 Å². The average molecular weight is 297 g/mol. The zero-order chi connectivity index (χ0) is 15.4. The third-order valence-corrected chi connectivity index (χ3v) is 4.28. The van der Waals surface area contributed by atoms with Crippen LogP contribution in [0.2, 0.25) is 0 Å². The molecule has 0 saturated heterocycles. The first-order valence-corrected chi connectivity index (χ1v) is 8.34. The average Bonchev–Trinajstić information content (AvgIpc) is 2.62. The lowest BCUT2D eigenvalue weighted by molar-refractivity contribution is -0.610. The Morgan fingerprint density at radius 1 is 1.00 bits per heavy atom. The summed E-state index contributed by atoms with van der Waals surface area (Å²) in [5, 5.41) is 6.90. The summed E-state index contributed by atoms with van der Waals surface area (Å²) in [7, 11) is 0. The minimum absolute atomic E-state index is 0.930. The number of fused-ring (bicyclic) bond motifs is 2. The summed E-state index contributed by atoms with van der Waals surface area (Å²) in [4.78, 5) is 4.68. The number of rotatable bonds is 1. The number of hydrogen-bond acceptors (Lipinski definition) is 3. The summed E-state index contributed by atoms with van der Waals surface area (Å²) in [6, 6.07) is 6.52. The predicted octanol–water partition coefficient (Wildman–Crippen LogP) is 1.68. The van der Waals surface area contributed by atoms with Gasteiger partial charge >= 0.3 is 5.82 Å². The molecule has 0 aliphatic carbocycles. The van der Waals surface area contributed by atoms with E-state index in [4.69, 9.17) is 0 Å². The van der Waals surface area contributed by atoms with Crippen molar-refractivity contribution in [2.24, 2.45) is 0 Å². The molecule has 0 unspecified atom stereocenters. The standard InChI is InChI=1S/C16H19N4.C2H6/c1-2-12-3-6-18-11-15(12)20(9-1)16-14-5-7-17-10-13(14)4-8-19-16;1-2/h1-2,4,8-9,17-18H,3,5-7,10-11H2;1-2H3/q+1;. The largest absolute Gasteiger partial charge is 0.331 e. The Balaban J connectivity index is 0.000000693. The Bertz CT molecular complexity index is 594. The van der Waals surface area contributed by atoms with E-state index in [0.717, 1.165) is 44.8 Å². The Morgan fingerprint density at radius 3 is 2.73 bits per heavy atom. The Morgan fingerprint density at radius 2 is 1.82 bits per heavy atom. The third kappa shape index (κ3) is 2.76. The molecule has 4 rings (SSSR count). The molecule has 22 heavy (non-hydrogen) atoms. The number of hydrogen-bond donors (Lipinski definition) is 2. The van der Waals surface area contributed by atoms with Crippen LogP contribution in [0.25, 0.3) is 5.82 Å². The molecule has 2 aliphatic rings. The summed E-state index contributed by atoms with van der Waals surface area (Å²) >= 11 is 0. The molecule has 0 amide bonds. The molecule has 0 aromatic carbocycles. The number of pyridine rings is 2. The molecule has 116 valence electrons. The van der Waals surface area contributed by atoms with Crippen molar-refractivity contribution in [2.75, 3.05) is 13.1 Å². The Hall–Kier alpha value is -1.78. The van der Waals surface area contributed by atoms with E-state index < -0.39 is 0 Å². The van der Waals surface area contributed by atoms with Crippen molar-refractivity contribution in [1.29, 1.82) is 0 Å². The van der Waals surface area contributed by atoms with E-state index in [-0.39, 0.29) is 0 Å². The van der Waals surface area contributed by atoms with Crippen molar-refractivity contribution in [1.82, 2.24) is 15.6 Å². The molecule has 4 heterocycles. The minimum atomic E-state index is 0.930. The van der Waals surface area contributed by atoms with Gasteiger partial charge in [-0.1, -0.05) is 19.9 Å². The van der Waals surface area contributed by atoms with Crippen LogP contribution in [0, 0.1) is 0 Å². The second-order valence-electron chi connectivity index (χ2n) is 5.48. The van der Waals surface area contributed by atoms with Gasteiger partial charge < -0.3 is 10.6 Å². The number of nitrogens with zero attached hydrogens (tertiary/aromatic N) is 2. The molecule has 2 N–H and O–H groups in total. The molecule has 2 aromatic heterocycles. The van der Waals surface area contributed by atoms with Crippen LogP contribution in [0.3, 0.4) is 0 Å². The van der Waals surface area contributed by atoms with E-state index in [0.29, 0.717) is 0 Å². The lowest BCUT2D eigenvalue weighted by Crippen LogP contribution is -2.44. The van der Waals surface area contributed by atoms with E-state index in [2.05, 4.69) is 44.6 Å². The van der Waals surface area contributed by atoms with Crippen molar-refractivity contribution in [2.45, 2.75) is 39.8 Å². The highest BCUT2D eigenvalue weighted by Gasteiger charge is 2.25.